The lowest BCUT2D eigenvalue weighted by atomic mass is 9.94. The average molecular weight is 421 g/mol. The summed E-state index contributed by atoms with van der Waals surface area (Å²) in [5, 5.41) is 19.5. The number of hydrogen-bond donors (Lipinski definition) is 3. The molecule has 1 atom stereocenters. The zero-order valence-electron chi connectivity index (χ0n) is 14.5. The molecule has 0 saturated carbocycles. The van der Waals surface area contributed by atoms with Crippen molar-refractivity contribution in [3.8, 4) is 0 Å². The van der Waals surface area contributed by atoms with Crippen molar-refractivity contribution in [2.45, 2.75) is 13.0 Å². The molecule has 8 nitrogen and oxygen atoms in total. The Morgan fingerprint density at radius 3 is 2.64 bits per heavy atom. The van der Waals surface area contributed by atoms with Crippen molar-refractivity contribution in [3.63, 3.8) is 0 Å². The molecular weight excluding hydrogens is 407 g/mol. The number of nitrogens with one attached hydrogen (secondary N) is 3. The number of amides is 3. The molecule has 0 aromatic heterocycles. The van der Waals surface area contributed by atoms with Crippen LogP contribution in [0.15, 0.2) is 53.7 Å². The van der Waals surface area contributed by atoms with Crippen molar-refractivity contribution >= 4 is 46.5 Å². The molecule has 0 aliphatic carbocycles. The van der Waals surface area contributed by atoms with E-state index in [0.29, 0.717) is 16.3 Å². The van der Waals surface area contributed by atoms with Gasteiger partial charge in [0.25, 0.3) is 11.6 Å². The van der Waals surface area contributed by atoms with Gasteiger partial charge >= 0.3 is 6.03 Å². The predicted octanol–water partition coefficient (Wildman–Crippen LogP) is 4.17. The topological polar surface area (TPSA) is 113 Å². The lowest BCUT2D eigenvalue weighted by molar-refractivity contribution is -0.384. The number of carbonyl (C=O) groups is 2. The van der Waals surface area contributed by atoms with Gasteiger partial charge in [0.05, 0.1) is 16.5 Å². The number of nitro benzene ring substituents is 1. The molecule has 1 aliphatic rings. The number of urea groups is 1. The van der Waals surface area contributed by atoms with Crippen LogP contribution in [0.2, 0.25) is 10.0 Å². The Morgan fingerprint density at radius 1 is 1.21 bits per heavy atom. The molecular formula is C18H14Cl2N4O4. The van der Waals surface area contributed by atoms with E-state index < -0.39 is 22.9 Å². The second-order valence-corrected chi connectivity index (χ2v) is 6.84. The highest BCUT2D eigenvalue weighted by atomic mass is 35.5. The van der Waals surface area contributed by atoms with Crippen molar-refractivity contribution in [2.75, 3.05) is 5.32 Å². The van der Waals surface area contributed by atoms with Gasteiger partial charge in [0, 0.05) is 33.6 Å². The number of anilines is 1. The van der Waals surface area contributed by atoms with E-state index in [1.54, 1.807) is 19.1 Å². The second kappa shape index (κ2) is 7.87. The molecule has 10 heteroatoms. The maximum absolute atomic E-state index is 12.9. The first kappa shape index (κ1) is 19.7. The quantitative estimate of drug-likeness (QED) is 0.508. The van der Waals surface area contributed by atoms with Crippen molar-refractivity contribution in [3.05, 3.63) is 79.5 Å². The molecule has 3 rings (SSSR count). The summed E-state index contributed by atoms with van der Waals surface area (Å²) in [7, 11) is 0. The normalized spacial score (nSPS) is 16.2. The largest absolute Gasteiger partial charge is 0.327 e. The van der Waals surface area contributed by atoms with Gasteiger partial charge < -0.3 is 16.0 Å². The van der Waals surface area contributed by atoms with Crippen LogP contribution >= 0.6 is 23.2 Å². The highest BCUT2D eigenvalue weighted by molar-refractivity contribution is 6.35. The summed E-state index contributed by atoms with van der Waals surface area (Å²) in [5.41, 5.74) is 1.13. The van der Waals surface area contributed by atoms with E-state index in [4.69, 9.17) is 23.2 Å². The van der Waals surface area contributed by atoms with Gasteiger partial charge in [0.15, 0.2) is 0 Å². The van der Waals surface area contributed by atoms with Crippen LogP contribution in [-0.2, 0) is 4.79 Å². The first-order valence-corrected chi connectivity index (χ1v) is 8.81. The average Bonchev–Trinajstić information content (AvgIpc) is 2.61. The summed E-state index contributed by atoms with van der Waals surface area (Å²) in [6.07, 6.45) is 0. The van der Waals surface area contributed by atoms with Crippen molar-refractivity contribution in [1.29, 1.82) is 0 Å². The monoisotopic (exact) mass is 420 g/mol. The van der Waals surface area contributed by atoms with Gasteiger partial charge in [-0.2, -0.15) is 0 Å². The van der Waals surface area contributed by atoms with Gasteiger partial charge in [-0.3, -0.25) is 14.9 Å². The van der Waals surface area contributed by atoms with Gasteiger partial charge in [-0.1, -0.05) is 35.3 Å². The Kier molecular flexibility index (Phi) is 5.53. The Labute approximate surface area is 169 Å². The van der Waals surface area contributed by atoms with Crippen LogP contribution in [0, 0.1) is 10.1 Å². The summed E-state index contributed by atoms with van der Waals surface area (Å²) in [6, 6.07) is 8.97. The first-order valence-electron chi connectivity index (χ1n) is 8.05. The first-order chi connectivity index (χ1) is 13.3. The van der Waals surface area contributed by atoms with Gasteiger partial charge in [-0.25, -0.2) is 4.79 Å². The molecule has 2 aromatic carbocycles. The van der Waals surface area contributed by atoms with Gasteiger partial charge in [-0.15, -0.1) is 0 Å². The standard InChI is InChI=1S/C18H14Cl2N4O4/c1-9-15(17(25)22-11-3-2-4-12(8-11)24(27)28)16(23-18(26)21-9)13-6-5-10(19)7-14(13)20/h2-8,16H,1H3,(H,22,25)(H2,21,23,26)/t16-/m1/s1. The van der Waals surface area contributed by atoms with E-state index >= 15 is 0 Å². The van der Waals surface area contributed by atoms with Crippen LogP contribution in [0.25, 0.3) is 0 Å². The number of allylic oxidation sites excluding steroid dienone is 1. The number of halogens is 2. The molecule has 28 heavy (non-hydrogen) atoms. The van der Waals surface area contributed by atoms with Gasteiger partial charge in [0.2, 0.25) is 0 Å². The summed E-state index contributed by atoms with van der Waals surface area (Å²) in [4.78, 5) is 35.3. The zero-order chi connectivity index (χ0) is 20.4. The van der Waals surface area contributed by atoms with Crippen LogP contribution < -0.4 is 16.0 Å². The molecule has 0 saturated heterocycles. The van der Waals surface area contributed by atoms with Crippen LogP contribution in [0.1, 0.15) is 18.5 Å². The third-order valence-corrected chi connectivity index (χ3v) is 4.66. The minimum Gasteiger partial charge on any atom is -0.327 e. The fourth-order valence-corrected chi connectivity index (χ4v) is 3.38. The van der Waals surface area contributed by atoms with E-state index in [2.05, 4.69) is 16.0 Å². The van der Waals surface area contributed by atoms with Crippen molar-refractivity contribution in [1.82, 2.24) is 10.6 Å². The van der Waals surface area contributed by atoms with Crippen LogP contribution in [-0.4, -0.2) is 16.9 Å². The molecule has 0 radical (unpaired) electrons. The summed E-state index contributed by atoms with van der Waals surface area (Å²) >= 11 is 12.2. The fourth-order valence-electron chi connectivity index (χ4n) is 2.86. The van der Waals surface area contributed by atoms with Crippen LogP contribution in [0.5, 0.6) is 0 Å². The molecule has 1 aliphatic heterocycles. The molecule has 2 aromatic rings. The minimum absolute atomic E-state index is 0.157. The maximum Gasteiger partial charge on any atom is 0.319 e. The van der Waals surface area contributed by atoms with Crippen LogP contribution in [0.3, 0.4) is 0 Å². The second-order valence-electron chi connectivity index (χ2n) is 6.00. The molecule has 3 N–H and O–H groups in total. The molecule has 144 valence electrons. The van der Waals surface area contributed by atoms with E-state index in [9.17, 15) is 19.7 Å². The Hall–Kier alpha value is -3.10. The third-order valence-electron chi connectivity index (χ3n) is 4.10. The maximum atomic E-state index is 12.9. The number of nitro groups is 1. The Morgan fingerprint density at radius 2 is 1.96 bits per heavy atom. The summed E-state index contributed by atoms with van der Waals surface area (Å²) in [6.45, 7) is 1.58. The fraction of sp³-hybridized carbons (Fsp3) is 0.111. The summed E-state index contributed by atoms with van der Waals surface area (Å²) in [5.74, 6) is -0.540. The minimum atomic E-state index is -0.822. The SMILES string of the molecule is CC1=C(C(=O)Nc2cccc([N+](=O)[O-])c2)[C@@H](c2ccc(Cl)cc2Cl)NC(=O)N1. The third kappa shape index (κ3) is 4.08. The number of hydrogen-bond acceptors (Lipinski definition) is 4. The van der Waals surface area contributed by atoms with E-state index in [0.717, 1.165) is 0 Å². The molecule has 1 heterocycles. The van der Waals surface area contributed by atoms with E-state index in [1.807, 2.05) is 0 Å². The number of rotatable bonds is 4. The number of carbonyl (C=O) groups excluding carboxylic acids is 2. The Balaban J connectivity index is 1.97. The van der Waals surface area contributed by atoms with Crippen molar-refractivity contribution < 1.29 is 14.5 Å². The van der Waals surface area contributed by atoms with E-state index in [-0.39, 0.29) is 22.0 Å². The van der Waals surface area contributed by atoms with Crippen LogP contribution in [0.4, 0.5) is 16.2 Å². The van der Waals surface area contributed by atoms with Gasteiger partial charge in [-0.05, 0) is 30.7 Å². The lowest BCUT2D eigenvalue weighted by Gasteiger charge is -2.29. The molecule has 3 amide bonds. The van der Waals surface area contributed by atoms with Gasteiger partial charge in [0.1, 0.15) is 0 Å². The predicted molar refractivity (Wildman–Crippen MR) is 105 cm³/mol. The number of nitrogens with zero attached hydrogens (tertiary/aromatic N) is 1. The highest BCUT2D eigenvalue weighted by Crippen LogP contribution is 2.33. The Bertz CT molecular complexity index is 1020. The molecule has 0 fully saturated rings. The molecule has 0 unspecified atom stereocenters. The lowest BCUT2D eigenvalue weighted by Crippen LogP contribution is -2.46. The summed E-state index contributed by atoms with van der Waals surface area (Å²) < 4.78 is 0. The smallest absolute Gasteiger partial charge is 0.319 e. The highest BCUT2D eigenvalue weighted by Gasteiger charge is 2.32. The van der Waals surface area contributed by atoms with Crippen molar-refractivity contribution in [2.24, 2.45) is 0 Å². The van der Waals surface area contributed by atoms with E-state index in [1.165, 1.54) is 30.3 Å². The number of benzene rings is 2. The zero-order valence-corrected chi connectivity index (χ0v) is 16.0. The molecule has 0 spiro atoms. The number of non-ortho nitro benzene ring substituents is 1. The molecule has 0 bridgehead atoms.